The lowest BCUT2D eigenvalue weighted by Gasteiger charge is -2.12. The minimum absolute atomic E-state index is 0.277. The second kappa shape index (κ2) is 5.55. The van der Waals surface area contributed by atoms with Crippen LogP contribution >= 0.6 is 43.2 Å². The lowest BCUT2D eigenvalue weighted by atomic mass is 10.1. The summed E-state index contributed by atoms with van der Waals surface area (Å²) in [5.74, 6) is 0. The monoisotopic (exact) mass is 423 g/mol. The molecule has 0 aliphatic carbocycles. The Labute approximate surface area is 133 Å². The summed E-state index contributed by atoms with van der Waals surface area (Å²) in [4.78, 5) is 0. The Morgan fingerprint density at radius 2 is 1.84 bits per heavy atom. The molecule has 0 amide bonds. The number of aryl methyl sites for hydroxylation is 2. The second-order valence-corrected chi connectivity index (χ2v) is 8.60. The van der Waals surface area contributed by atoms with Crippen molar-refractivity contribution in [2.45, 2.75) is 18.1 Å². The number of rotatable bonds is 3. The summed E-state index contributed by atoms with van der Waals surface area (Å²) in [6.45, 7) is 3.84. The summed E-state index contributed by atoms with van der Waals surface area (Å²) in [6.07, 6.45) is 0. The van der Waals surface area contributed by atoms with E-state index in [0.717, 1.165) is 15.6 Å². The second-order valence-electron chi connectivity index (χ2n) is 4.10. The van der Waals surface area contributed by atoms with Crippen LogP contribution in [0.25, 0.3) is 0 Å². The maximum absolute atomic E-state index is 12.3. The highest BCUT2D eigenvalue weighted by Crippen LogP contribution is 2.33. The molecule has 3 nitrogen and oxygen atoms in total. The van der Waals surface area contributed by atoms with E-state index in [4.69, 9.17) is 0 Å². The number of sulfonamides is 1. The largest absolute Gasteiger partial charge is 0.278 e. The fourth-order valence-electron chi connectivity index (χ4n) is 1.70. The van der Waals surface area contributed by atoms with Crippen molar-refractivity contribution in [1.29, 1.82) is 0 Å². The number of thiophene rings is 1. The van der Waals surface area contributed by atoms with Gasteiger partial charge in [-0.25, -0.2) is 8.42 Å². The Balaban J connectivity index is 2.45. The highest BCUT2D eigenvalue weighted by Gasteiger charge is 2.21. The topological polar surface area (TPSA) is 46.2 Å². The van der Waals surface area contributed by atoms with Crippen LogP contribution in [0.3, 0.4) is 0 Å². The van der Waals surface area contributed by atoms with Gasteiger partial charge >= 0.3 is 0 Å². The van der Waals surface area contributed by atoms with Crippen LogP contribution in [0.5, 0.6) is 0 Å². The van der Waals surface area contributed by atoms with E-state index < -0.39 is 10.0 Å². The molecule has 0 saturated heterocycles. The number of hydrogen-bond donors (Lipinski definition) is 1. The maximum atomic E-state index is 12.3. The molecule has 102 valence electrons. The number of benzene rings is 1. The predicted molar refractivity (Wildman–Crippen MR) is 86.4 cm³/mol. The summed E-state index contributed by atoms with van der Waals surface area (Å²) >= 11 is 7.82. The van der Waals surface area contributed by atoms with E-state index in [2.05, 4.69) is 36.6 Å². The molecule has 0 saturated carbocycles. The average Bonchev–Trinajstić information content (AvgIpc) is 2.70. The van der Waals surface area contributed by atoms with Crippen LogP contribution < -0.4 is 4.72 Å². The van der Waals surface area contributed by atoms with Crippen molar-refractivity contribution in [2.24, 2.45) is 0 Å². The molecule has 0 radical (unpaired) electrons. The van der Waals surface area contributed by atoms with Gasteiger partial charge in [0.1, 0.15) is 0 Å². The molecule has 1 heterocycles. The van der Waals surface area contributed by atoms with Crippen LogP contribution in [-0.2, 0) is 10.0 Å². The van der Waals surface area contributed by atoms with Crippen molar-refractivity contribution < 1.29 is 8.42 Å². The van der Waals surface area contributed by atoms with Gasteiger partial charge in [0.05, 0.1) is 5.69 Å². The Kier molecular flexibility index (Phi) is 4.39. The molecule has 0 atom stereocenters. The summed E-state index contributed by atoms with van der Waals surface area (Å²) in [6, 6.07) is 5.54. The normalized spacial score (nSPS) is 11.6. The Bertz CT molecular complexity index is 700. The summed E-state index contributed by atoms with van der Waals surface area (Å²) in [5, 5.41) is 1.73. The van der Waals surface area contributed by atoms with Crippen LogP contribution in [-0.4, -0.2) is 8.42 Å². The van der Waals surface area contributed by atoms with Gasteiger partial charge in [-0.2, -0.15) is 0 Å². The van der Waals surface area contributed by atoms with Gasteiger partial charge in [0.2, 0.25) is 0 Å². The fourth-order valence-corrected chi connectivity index (χ4v) is 6.09. The third-order valence-electron chi connectivity index (χ3n) is 2.50. The number of halogens is 2. The van der Waals surface area contributed by atoms with E-state index in [1.807, 2.05) is 26.0 Å². The van der Waals surface area contributed by atoms with Crippen molar-refractivity contribution in [3.05, 3.63) is 43.7 Å². The van der Waals surface area contributed by atoms with Crippen molar-refractivity contribution in [2.75, 3.05) is 4.72 Å². The van der Waals surface area contributed by atoms with E-state index in [0.29, 0.717) is 10.2 Å². The van der Waals surface area contributed by atoms with Crippen LogP contribution in [0.1, 0.15) is 11.1 Å². The van der Waals surface area contributed by atoms with Gasteiger partial charge in [-0.15, -0.1) is 11.3 Å². The molecular formula is C12H11Br2NO2S2. The van der Waals surface area contributed by atoms with Crippen LogP contribution in [0.4, 0.5) is 5.69 Å². The molecule has 1 aromatic carbocycles. The Morgan fingerprint density at radius 3 is 2.37 bits per heavy atom. The van der Waals surface area contributed by atoms with Gasteiger partial charge in [0.25, 0.3) is 10.0 Å². The fraction of sp³-hybridized carbons (Fsp3) is 0.167. The highest BCUT2D eigenvalue weighted by molar-refractivity contribution is 9.11. The average molecular weight is 425 g/mol. The minimum atomic E-state index is -3.57. The third kappa shape index (κ3) is 3.21. The minimum Gasteiger partial charge on any atom is -0.278 e. The molecule has 1 aromatic heterocycles. The zero-order chi connectivity index (χ0) is 14.2. The van der Waals surface area contributed by atoms with Gasteiger partial charge in [0.15, 0.2) is 4.21 Å². The lowest BCUT2D eigenvalue weighted by Crippen LogP contribution is -2.13. The molecule has 2 rings (SSSR count). The molecule has 2 aromatic rings. The highest BCUT2D eigenvalue weighted by atomic mass is 79.9. The molecule has 19 heavy (non-hydrogen) atoms. The van der Waals surface area contributed by atoms with Gasteiger partial charge in [0, 0.05) is 8.95 Å². The first-order valence-corrected chi connectivity index (χ1v) is 9.28. The van der Waals surface area contributed by atoms with Gasteiger partial charge in [-0.3, -0.25) is 4.72 Å². The Hall–Kier alpha value is -0.370. The summed E-state index contributed by atoms with van der Waals surface area (Å²) in [7, 11) is -3.57. The SMILES string of the molecule is Cc1cc(C)c(NS(=O)(=O)c2sccc2Br)c(Br)c1. The van der Waals surface area contributed by atoms with Crippen molar-refractivity contribution in [3.63, 3.8) is 0 Å². The molecule has 1 N–H and O–H groups in total. The molecule has 7 heteroatoms. The van der Waals surface area contributed by atoms with Crippen molar-refractivity contribution >= 4 is 58.9 Å². The number of hydrogen-bond acceptors (Lipinski definition) is 3. The van der Waals surface area contributed by atoms with E-state index >= 15 is 0 Å². The first-order chi connectivity index (χ1) is 8.81. The van der Waals surface area contributed by atoms with Crippen LogP contribution in [0.15, 0.2) is 36.7 Å². The van der Waals surface area contributed by atoms with Crippen LogP contribution in [0, 0.1) is 13.8 Å². The van der Waals surface area contributed by atoms with Gasteiger partial charge < -0.3 is 0 Å². The van der Waals surface area contributed by atoms with Crippen molar-refractivity contribution in [3.8, 4) is 0 Å². The quantitative estimate of drug-likeness (QED) is 0.776. The molecule has 0 aliphatic rings. The molecule has 0 aliphatic heterocycles. The molecule has 0 bridgehead atoms. The van der Waals surface area contributed by atoms with Crippen molar-refractivity contribution in [1.82, 2.24) is 0 Å². The third-order valence-corrected chi connectivity index (χ3v) is 7.14. The molecule has 0 unspecified atom stereocenters. The first-order valence-electron chi connectivity index (χ1n) is 5.34. The van der Waals surface area contributed by atoms with E-state index in [9.17, 15) is 8.42 Å². The summed E-state index contributed by atoms with van der Waals surface area (Å²) < 4.78 is 28.9. The van der Waals surface area contributed by atoms with E-state index in [1.54, 1.807) is 11.4 Å². The molecule has 0 spiro atoms. The molecule has 0 fully saturated rings. The standard InChI is InChI=1S/C12H11Br2NO2S2/c1-7-5-8(2)11(10(14)6-7)15-19(16,17)12-9(13)3-4-18-12/h3-6,15H,1-2H3. The number of anilines is 1. The zero-order valence-electron chi connectivity index (χ0n) is 10.2. The van der Waals surface area contributed by atoms with Gasteiger partial charge in [-0.1, -0.05) is 6.07 Å². The predicted octanol–water partition coefficient (Wildman–Crippen LogP) is 4.69. The first kappa shape index (κ1) is 15.0. The summed E-state index contributed by atoms with van der Waals surface area (Å²) in [5.41, 5.74) is 2.53. The van der Waals surface area contributed by atoms with Gasteiger partial charge in [-0.05, 0) is 74.3 Å². The van der Waals surface area contributed by atoms with Crippen LogP contribution in [0.2, 0.25) is 0 Å². The van der Waals surface area contributed by atoms with E-state index in [1.165, 1.54) is 11.3 Å². The Morgan fingerprint density at radius 1 is 1.16 bits per heavy atom. The zero-order valence-corrected chi connectivity index (χ0v) is 15.0. The number of nitrogens with one attached hydrogen (secondary N) is 1. The lowest BCUT2D eigenvalue weighted by molar-refractivity contribution is 0.602. The van der Waals surface area contributed by atoms with E-state index in [-0.39, 0.29) is 4.21 Å². The maximum Gasteiger partial charge on any atom is 0.272 e. The molecular weight excluding hydrogens is 414 g/mol. The smallest absolute Gasteiger partial charge is 0.272 e.